The Bertz CT molecular complexity index is 468. The van der Waals surface area contributed by atoms with Crippen molar-refractivity contribution in [3.05, 3.63) is 23.8 Å². The topological polar surface area (TPSA) is 63.3 Å². The van der Waals surface area contributed by atoms with E-state index in [0.717, 1.165) is 6.07 Å². The molecular weight excluding hydrogens is 250 g/mol. The van der Waals surface area contributed by atoms with Gasteiger partial charge in [-0.3, -0.25) is 0 Å². The largest absolute Gasteiger partial charge is 0.478 e. The van der Waals surface area contributed by atoms with Gasteiger partial charge in [-0.25, -0.2) is 4.79 Å². The summed E-state index contributed by atoms with van der Waals surface area (Å²) in [6, 6.07) is 1.45. The van der Waals surface area contributed by atoms with Crippen molar-refractivity contribution < 1.29 is 25.4 Å². The van der Waals surface area contributed by atoms with Crippen molar-refractivity contribution in [1.29, 1.82) is 0 Å². The summed E-state index contributed by atoms with van der Waals surface area (Å²) in [5.74, 6) is -1.60. The first-order chi connectivity index (χ1) is 6.79. The fraction of sp³-hybridized carbons (Fsp3) is 0.125. The minimum absolute atomic E-state index is 0.236. The van der Waals surface area contributed by atoms with Crippen LogP contribution in [-0.2, 0) is 0 Å². The maximum atomic E-state index is 13.0. The van der Waals surface area contributed by atoms with Gasteiger partial charge in [-0.2, -0.15) is 0 Å². The third-order valence-corrected chi connectivity index (χ3v) is 3.19. The number of nitrogens with two attached hydrogens (primary N) is 1. The summed E-state index contributed by atoms with van der Waals surface area (Å²) in [6.07, 6.45) is -0.486. The molecule has 0 atom stereocenters. The van der Waals surface area contributed by atoms with Gasteiger partial charge in [0.05, 0.1) is 16.7 Å². The zero-order valence-electron chi connectivity index (χ0n) is 8.08. The zero-order chi connectivity index (χ0) is 12.8. The average Bonchev–Trinajstić information content (AvgIpc) is 1.98. The molecule has 92 valence electrons. The molecule has 0 unspecified atom stereocenters. The van der Waals surface area contributed by atoms with Gasteiger partial charge >= 0.3 is 5.97 Å². The Kier molecular flexibility index (Phi) is 2.07. The number of carboxylic acid groups (broad SMARTS) is 1. The molecule has 0 amide bonds. The van der Waals surface area contributed by atoms with Crippen molar-refractivity contribution in [1.82, 2.24) is 0 Å². The van der Waals surface area contributed by atoms with Gasteiger partial charge < -0.3 is 10.8 Å². The molecule has 0 saturated carbocycles. The third kappa shape index (κ3) is 2.78. The molecule has 0 aliphatic carbocycles. The summed E-state index contributed by atoms with van der Waals surface area (Å²) in [6.45, 7) is 0. The van der Waals surface area contributed by atoms with Crippen molar-refractivity contribution in [2.45, 2.75) is 4.90 Å². The molecule has 0 aromatic heterocycles. The maximum absolute atomic E-state index is 13.0. The number of hydrogen-bond acceptors (Lipinski definition) is 2. The van der Waals surface area contributed by atoms with Crippen LogP contribution in [0.4, 0.5) is 21.2 Å². The van der Waals surface area contributed by atoms with Gasteiger partial charge in [0, 0.05) is 5.69 Å². The lowest BCUT2D eigenvalue weighted by Gasteiger charge is -2.46. The molecule has 3 N–H and O–H groups in total. The van der Waals surface area contributed by atoms with Gasteiger partial charge in [-0.05, 0) is 18.2 Å². The van der Waals surface area contributed by atoms with Crippen LogP contribution in [0.1, 0.15) is 10.4 Å². The molecule has 0 heterocycles. The van der Waals surface area contributed by atoms with Gasteiger partial charge in [0.1, 0.15) is 0 Å². The van der Waals surface area contributed by atoms with Crippen LogP contribution in [0, 0.1) is 0 Å². The second-order valence-electron chi connectivity index (χ2n) is 3.58. The molecule has 0 fully saturated rings. The lowest BCUT2D eigenvalue weighted by atomic mass is 10.2. The number of halogens is 4. The summed E-state index contributed by atoms with van der Waals surface area (Å²) < 4.78 is 52.0. The molecule has 1 rings (SSSR count). The second kappa shape index (κ2) is 2.62. The smallest absolute Gasteiger partial charge is 0.335 e. The molecule has 8 heteroatoms. The van der Waals surface area contributed by atoms with Gasteiger partial charge in [0.15, 0.2) is 9.84 Å². The monoisotopic (exact) mass is 259 g/mol. The van der Waals surface area contributed by atoms with E-state index in [1.54, 1.807) is 0 Å². The summed E-state index contributed by atoms with van der Waals surface area (Å²) in [4.78, 5) is 8.87. The molecular formula is C8H9F4NO2S. The number of carboxylic acids is 1. The van der Waals surface area contributed by atoms with Gasteiger partial charge in [0.25, 0.3) is 0 Å². The zero-order valence-corrected chi connectivity index (χ0v) is 8.90. The molecule has 1 aromatic rings. The normalized spacial score (nSPS) is 16.3. The summed E-state index contributed by atoms with van der Waals surface area (Å²) in [5, 5.41) is 8.54. The predicted octanol–water partition coefficient (Wildman–Crippen LogP) is 3.37. The van der Waals surface area contributed by atoms with E-state index in [0.29, 0.717) is 6.07 Å². The molecule has 0 aliphatic heterocycles. The Morgan fingerprint density at radius 1 is 1.25 bits per heavy atom. The standard InChI is InChI=1S/C8H9F4NO2S/c1-16(9,10,11,12)7-3-5(8(14)15)2-6(13)4-7/h2-4H,13H2,1H3,(H,14,15). The van der Waals surface area contributed by atoms with Gasteiger partial charge in [0.2, 0.25) is 0 Å². The summed E-state index contributed by atoms with van der Waals surface area (Å²) in [7, 11) is -8.39. The third-order valence-electron chi connectivity index (χ3n) is 1.77. The second-order valence-corrected chi connectivity index (χ2v) is 7.01. The van der Waals surface area contributed by atoms with Crippen molar-refractivity contribution >= 4 is 21.5 Å². The van der Waals surface area contributed by atoms with Crippen LogP contribution in [0.2, 0.25) is 0 Å². The Morgan fingerprint density at radius 2 is 1.75 bits per heavy atom. The molecule has 1 aromatic carbocycles. The average molecular weight is 259 g/mol. The molecule has 0 bridgehead atoms. The molecule has 0 saturated heterocycles. The first kappa shape index (κ1) is 12.6. The van der Waals surface area contributed by atoms with Crippen molar-refractivity contribution in [3.63, 3.8) is 0 Å². The van der Waals surface area contributed by atoms with Crippen molar-refractivity contribution in [3.8, 4) is 0 Å². The maximum Gasteiger partial charge on any atom is 0.335 e. The van der Waals surface area contributed by atoms with E-state index in [1.807, 2.05) is 0 Å². The van der Waals surface area contributed by atoms with Crippen LogP contribution in [0.25, 0.3) is 0 Å². The predicted molar refractivity (Wildman–Crippen MR) is 54.0 cm³/mol. The number of hydrogen-bond donors (Lipinski definition) is 2. The fourth-order valence-electron chi connectivity index (χ4n) is 1.04. The first-order valence-corrected chi connectivity index (χ1v) is 6.39. The number of anilines is 1. The highest BCUT2D eigenvalue weighted by atomic mass is 32.5. The number of benzene rings is 1. The number of carbonyl (C=O) groups is 1. The highest BCUT2D eigenvalue weighted by Crippen LogP contribution is 2.98. The molecule has 3 nitrogen and oxygen atoms in total. The van der Waals surface area contributed by atoms with Gasteiger partial charge in [-0.15, -0.1) is 15.5 Å². The summed E-state index contributed by atoms with van der Waals surface area (Å²) in [5.41, 5.74) is 3.95. The van der Waals surface area contributed by atoms with Crippen LogP contribution >= 0.6 is 9.84 Å². The summed E-state index contributed by atoms with van der Waals surface area (Å²) >= 11 is 0. The van der Waals surface area contributed by atoms with E-state index < -0.39 is 38.2 Å². The van der Waals surface area contributed by atoms with E-state index in [1.165, 1.54) is 0 Å². The molecule has 0 spiro atoms. The molecule has 16 heavy (non-hydrogen) atoms. The lowest BCUT2D eigenvalue weighted by Crippen LogP contribution is -2.13. The Labute approximate surface area is 88.3 Å². The fourth-order valence-corrected chi connectivity index (χ4v) is 1.90. The van der Waals surface area contributed by atoms with Gasteiger partial charge in [-0.1, -0.05) is 0 Å². The van der Waals surface area contributed by atoms with E-state index >= 15 is 0 Å². The first-order valence-electron chi connectivity index (χ1n) is 3.93. The Hall–Kier alpha value is -1.44. The van der Waals surface area contributed by atoms with Crippen LogP contribution < -0.4 is 5.73 Å². The number of nitrogen functional groups attached to an aromatic ring is 1. The van der Waals surface area contributed by atoms with Crippen LogP contribution in [0.15, 0.2) is 23.1 Å². The van der Waals surface area contributed by atoms with E-state index in [2.05, 4.69) is 0 Å². The number of aromatic carboxylic acids is 1. The van der Waals surface area contributed by atoms with Crippen molar-refractivity contribution in [2.24, 2.45) is 0 Å². The Balaban J connectivity index is 3.56. The lowest BCUT2D eigenvalue weighted by molar-refractivity contribution is 0.0696. The van der Waals surface area contributed by atoms with E-state index in [4.69, 9.17) is 10.8 Å². The molecule has 0 aliphatic rings. The highest BCUT2D eigenvalue weighted by Gasteiger charge is 2.59. The minimum Gasteiger partial charge on any atom is -0.478 e. The van der Waals surface area contributed by atoms with Crippen molar-refractivity contribution in [2.75, 3.05) is 12.0 Å². The highest BCUT2D eigenvalue weighted by molar-refractivity contribution is 8.49. The minimum atomic E-state index is -8.39. The van der Waals surface area contributed by atoms with E-state index in [-0.39, 0.29) is 6.07 Å². The van der Waals surface area contributed by atoms with Crippen LogP contribution in [0.3, 0.4) is 0 Å². The number of rotatable bonds is 2. The van der Waals surface area contributed by atoms with Crippen LogP contribution in [-0.4, -0.2) is 17.3 Å². The van der Waals surface area contributed by atoms with E-state index in [9.17, 15) is 20.3 Å². The molecule has 0 radical (unpaired) electrons. The quantitative estimate of drug-likeness (QED) is 0.632. The Morgan fingerprint density at radius 3 is 2.12 bits per heavy atom. The SMILES string of the molecule is CS(F)(F)(F)(F)c1cc(N)cc(C(=O)O)c1. The van der Waals surface area contributed by atoms with Crippen LogP contribution in [0.5, 0.6) is 0 Å².